The lowest BCUT2D eigenvalue weighted by Gasteiger charge is -2.21. The minimum Gasteiger partial charge on any atom is -0.309 e. The molecule has 0 unspecified atom stereocenters. The first kappa shape index (κ1) is 33.7. The highest BCUT2D eigenvalue weighted by Crippen LogP contribution is 2.51. The molecule has 0 saturated carbocycles. The number of benzene rings is 9. The second-order valence-corrected chi connectivity index (χ2v) is 16.6. The van der Waals surface area contributed by atoms with Gasteiger partial charge in [-0.3, -0.25) is 0 Å². The highest BCUT2D eigenvalue weighted by atomic mass is 15.0. The van der Waals surface area contributed by atoms with E-state index in [2.05, 4.69) is 229 Å². The number of hydrogen-bond donors (Lipinski definition) is 0. The third-order valence-electron chi connectivity index (χ3n) is 12.9. The predicted octanol–water partition coefficient (Wildman–Crippen LogP) is 15.2. The fourth-order valence-corrected chi connectivity index (χ4v) is 9.97. The normalized spacial score (nSPS) is 13.1. The summed E-state index contributed by atoms with van der Waals surface area (Å²) in [5.74, 6) is 0. The number of fused-ring (bicyclic) bond motifs is 9. The molecule has 0 radical (unpaired) electrons. The second-order valence-electron chi connectivity index (χ2n) is 16.6. The van der Waals surface area contributed by atoms with Gasteiger partial charge in [0.2, 0.25) is 0 Å². The summed E-state index contributed by atoms with van der Waals surface area (Å²) in [6.45, 7) is 4.74. The smallest absolute Gasteiger partial charge is 0.0544 e. The van der Waals surface area contributed by atoms with Crippen LogP contribution in [-0.4, -0.2) is 9.13 Å². The average molecular weight is 753 g/mol. The molecule has 0 aliphatic heterocycles. The van der Waals surface area contributed by atoms with E-state index in [1.165, 1.54) is 105 Å². The molecule has 9 aromatic carbocycles. The van der Waals surface area contributed by atoms with Crippen LogP contribution in [-0.2, 0) is 5.41 Å². The standard InChI is InChI=1S/C57H40N2/c1-57(2)51-21-13-12-20-45(51)46-35-50-49-34-42(28-31-55(49)59(56(50)36-52(46)57)44-18-10-5-11-19-44)41-27-30-54-48(33-41)47-32-40(26-29-53(47)58(54)43-16-8-4-9-17-43)39-24-22-38(23-25-39)37-14-6-3-7-15-37/h3-36H,1-2H3. The molecule has 0 amide bonds. The van der Waals surface area contributed by atoms with Gasteiger partial charge < -0.3 is 9.13 Å². The fraction of sp³-hybridized carbons (Fsp3) is 0.0526. The van der Waals surface area contributed by atoms with Crippen LogP contribution >= 0.6 is 0 Å². The van der Waals surface area contributed by atoms with E-state index in [1.54, 1.807) is 0 Å². The molecule has 11 aromatic rings. The van der Waals surface area contributed by atoms with Gasteiger partial charge >= 0.3 is 0 Å². The van der Waals surface area contributed by atoms with Crippen LogP contribution in [0.15, 0.2) is 206 Å². The van der Waals surface area contributed by atoms with E-state index in [9.17, 15) is 0 Å². The Hall–Kier alpha value is -7.42. The summed E-state index contributed by atoms with van der Waals surface area (Å²) < 4.78 is 4.87. The van der Waals surface area contributed by atoms with Gasteiger partial charge in [-0.25, -0.2) is 0 Å². The Bertz CT molecular complexity index is 3420. The summed E-state index contributed by atoms with van der Waals surface area (Å²) in [7, 11) is 0. The number of rotatable bonds is 5. The molecular formula is C57H40N2. The van der Waals surface area contributed by atoms with Crippen LogP contribution in [0.3, 0.4) is 0 Å². The number of nitrogens with zero attached hydrogens (tertiary/aromatic N) is 2. The fourth-order valence-electron chi connectivity index (χ4n) is 9.97. The molecule has 2 nitrogen and oxygen atoms in total. The van der Waals surface area contributed by atoms with Gasteiger partial charge in [-0.1, -0.05) is 147 Å². The van der Waals surface area contributed by atoms with E-state index in [0.717, 1.165) is 5.69 Å². The Kier molecular flexibility index (Phi) is 7.31. The van der Waals surface area contributed by atoms with Gasteiger partial charge in [0.25, 0.3) is 0 Å². The lowest BCUT2D eigenvalue weighted by atomic mass is 9.82. The van der Waals surface area contributed by atoms with Gasteiger partial charge in [0.15, 0.2) is 0 Å². The van der Waals surface area contributed by atoms with Crippen molar-refractivity contribution in [3.8, 4) is 55.9 Å². The summed E-state index contributed by atoms with van der Waals surface area (Å²) in [5.41, 5.74) is 19.9. The zero-order valence-corrected chi connectivity index (χ0v) is 33.0. The summed E-state index contributed by atoms with van der Waals surface area (Å²) in [6, 6.07) is 76.1. The molecule has 0 bridgehead atoms. The molecule has 0 saturated heterocycles. The van der Waals surface area contributed by atoms with E-state index in [1.807, 2.05) is 0 Å². The highest BCUT2D eigenvalue weighted by molar-refractivity contribution is 6.14. The predicted molar refractivity (Wildman–Crippen MR) is 249 cm³/mol. The maximum Gasteiger partial charge on any atom is 0.0544 e. The monoisotopic (exact) mass is 752 g/mol. The first-order valence-electron chi connectivity index (χ1n) is 20.6. The summed E-state index contributed by atoms with van der Waals surface area (Å²) in [5, 5.41) is 5.03. The maximum atomic E-state index is 2.47. The van der Waals surface area contributed by atoms with Crippen LogP contribution in [0, 0.1) is 0 Å². The zero-order valence-electron chi connectivity index (χ0n) is 33.0. The Balaban J connectivity index is 1.05. The van der Waals surface area contributed by atoms with E-state index in [0.29, 0.717) is 0 Å². The summed E-state index contributed by atoms with van der Waals surface area (Å²) >= 11 is 0. The van der Waals surface area contributed by atoms with E-state index < -0.39 is 0 Å². The van der Waals surface area contributed by atoms with Crippen LogP contribution < -0.4 is 0 Å². The van der Waals surface area contributed by atoms with Crippen molar-refractivity contribution in [2.75, 3.05) is 0 Å². The van der Waals surface area contributed by atoms with Crippen LogP contribution in [0.2, 0.25) is 0 Å². The molecule has 278 valence electrons. The molecule has 2 aromatic heterocycles. The van der Waals surface area contributed by atoms with Gasteiger partial charge in [-0.2, -0.15) is 0 Å². The Morgan fingerprint density at radius 2 is 0.678 bits per heavy atom. The largest absolute Gasteiger partial charge is 0.309 e. The van der Waals surface area contributed by atoms with Crippen molar-refractivity contribution in [1.29, 1.82) is 0 Å². The summed E-state index contributed by atoms with van der Waals surface area (Å²) in [4.78, 5) is 0. The van der Waals surface area contributed by atoms with Crippen molar-refractivity contribution < 1.29 is 0 Å². The molecule has 0 spiro atoms. The lowest BCUT2D eigenvalue weighted by Crippen LogP contribution is -2.14. The van der Waals surface area contributed by atoms with Gasteiger partial charge in [0.05, 0.1) is 22.1 Å². The number of para-hydroxylation sites is 2. The van der Waals surface area contributed by atoms with E-state index in [-0.39, 0.29) is 5.41 Å². The first-order chi connectivity index (χ1) is 29.0. The van der Waals surface area contributed by atoms with Crippen LogP contribution in [0.25, 0.3) is 99.5 Å². The van der Waals surface area contributed by atoms with Gasteiger partial charge in [-0.05, 0) is 128 Å². The van der Waals surface area contributed by atoms with Crippen LogP contribution in [0.1, 0.15) is 25.0 Å². The highest BCUT2D eigenvalue weighted by Gasteiger charge is 2.36. The van der Waals surface area contributed by atoms with Gasteiger partial charge in [0, 0.05) is 38.3 Å². The average Bonchev–Trinajstić information content (AvgIpc) is 3.88. The molecule has 0 fully saturated rings. The van der Waals surface area contributed by atoms with Crippen molar-refractivity contribution in [2.24, 2.45) is 0 Å². The maximum absolute atomic E-state index is 2.47. The van der Waals surface area contributed by atoms with Gasteiger partial charge in [-0.15, -0.1) is 0 Å². The molecule has 0 N–H and O–H groups in total. The van der Waals surface area contributed by atoms with Crippen molar-refractivity contribution in [3.63, 3.8) is 0 Å². The molecule has 59 heavy (non-hydrogen) atoms. The zero-order chi connectivity index (χ0) is 39.2. The topological polar surface area (TPSA) is 9.86 Å². The molecule has 2 heterocycles. The van der Waals surface area contributed by atoms with Crippen LogP contribution in [0.4, 0.5) is 0 Å². The minimum absolute atomic E-state index is 0.0803. The quantitative estimate of drug-likeness (QED) is 0.166. The van der Waals surface area contributed by atoms with Crippen molar-refractivity contribution in [3.05, 3.63) is 217 Å². The number of aromatic nitrogens is 2. The molecule has 0 atom stereocenters. The van der Waals surface area contributed by atoms with Crippen molar-refractivity contribution in [1.82, 2.24) is 9.13 Å². The second kappa shape index (κ2) is 12.8. The molecule has 12 rings (SSSR count). The lowest BCUT2D eigenvalue weighted by molar-refractivity contribution is 0.661. The van der Waals surface area contributed by atoms with Crippen LogP contribution in [0.5, 0.6) is 0 Å². The molecule has 1 aliphatic carbocycles. The third kappa shape index (κ3) is 5.13. The number of hydrogen-bond acceptors (Lipinski definition) is 0. The molecular weight excluding hydrogens is 713 g/mol. The van der Waals surface area contributed by atoms with E-state index in [4.69, 9.17) is 0 Å². The Morgan fingerprint density at radius 1 is 0.288 bits per heavy atom. The first-order valence-corrected chi connectivity index (χ1v) is 20.6. The van der Waals surface area contributed by atoms with Crippen molar-refractivity contribution in [2.45, 2.75) is 19.3 Å². The Morgan fingerprint density at radius 3 is 1.22 bits per heavy atom. The molecule has 1 aliphatic rings. The third-order valence-corrected chi connectivity index (χ3v) is 12.9. The van der Waals surface area contributed by atoms with E-state index >= 15 is 0 Å². The van der Waals surface area contributed by atoms with Crippen molar-refractivity contribution >= 4 is 43.6 Å². The summed E-state index contributed by atoms with van der Waals surface area (Å²) in [6.07, 6.45) is 0. The minimum atomic E-state index is -0.0803. The van der Waals surface area contributed by atoms with Gasteiger partial charge in [0.1, 0.15) is 0 Å². The SMILES string of the molecule is CC1(C)c2ccccc2-c2cc3c4cc(-c5ccc6c(c5)c5cc(-c7ccc(-c8ccccc8)cc7)ccc5n6-c5ccccc5)ccc4n(-c4ccccc4)c3cc21. The Labute approximate surface area is 343 Å². The molecule has 2 heteroatoms.